The van der Waals surface area contributed by atoms with Gasteiger partial charge in [0.25, 0.3) is 0 Å². The van der Waals surface area contributed by atoms with Crippen LogP contribution >= 0.6 is 11.6 Å². The number of halogens is 2. The maximum absolute atomic E-state index is 13.7. The number of nitrogens with one attached hydrogen (secondary N) is 1. The number of likely N-dealkylation sites (N-methyl/N-ethyl adjacent to an activating group) is 1. The Labute approximate surface area is 111 Å². The quantitative estimate of drug-likeness (QED) is 0.909. The Morgan fingerprint density at radius 2 is 2.11 bits per heavy atom. The van der Waals surface area contributed by atoms with E-state index in [0.29, 0.717) is 17.0 Å². The van der Waals surface area contributed by atoms with Gasteiger partial charge in [0.15, 0.2) is 0 Å². The second-order valence-corrected chi connectivity index (χ2v) is 4.67. The lowest BCUT2D eigenvalue weighted by Crippen LogP contribution is -2.18. The van der Waals surface area contributed by atoms with Crippen molar-refractivity contribution in [3.8, 4) is 0 Å². The van der Waals surface area contributed by atoms with Crippen molar-refractivity contribution in [1.82, 2.24) is 5.32 Å². The van der Waals surface area contributed by atoms with E-state index in [2.05, 4.69) is 5.32 Å². The molecular formula is C14H15ClFNO. The second-order valence-electron chi connectivity index (χ2n) is 4.23. The van der Waals surface area contributed by atoms with Crippen LogP contribution in [0.3, 0.4) is 0 Å². The Kier molecular flexibility index (Phi) is 4.04. The monoisotopic (exact) mass is 267 g/mol. The van der Waals surface area contributed by atoms with E-state index in [-0.39, 0.29) is 11.9 Å². The molecule has 96 valence electrons. The standard InChI is InChI=1S/C14H15ClFNO/c1-9-3-6-14(18-9)13(17-2)8-10-7-11(15)4-5-12(10)16/h3-7,13,17H,8H2,1-2H3. The van der Waals surface area contributed by atoms with Crippen molar-refractivity contribution in [1.29, 1.82) is 0 Å². The average molecular weight is 268 g/mol. The molecule has 2 rings (SSSR count). The number of aryl methyl sites for hydroxylation is 1. The molecule has 2 nitrogen and oxygen atoms in total. The minimum Gasteiger partial charge on any atom is -0.465 e. The largest absolute Gasteiger partial charge is 0.465 e. The molecule has 1 unspecified atom stereocenters. The van der Waals surface area contributed by atoms with E-state index in [1.54, 1.807) is 12.1 Å². The summed E-state index contributed by atoms with van der Waals surface area (Å²) in [7, 11) is 1.82. The van der Waals surface area contributed by atoms with Gasteiger partial charge in [-0.05, 0) is 56.3 Å². The molecule has 1 aromatic heterocycles. The summed E-state index contributed by atoms with van der Waals surface area (Å²) in [5, 5.41) is 3.66. The molecule has 1 aromatic carbocycles. The van der Waals surface area contributed by atoms with E-state index in [1.165, 1.54) is 6.07 Å². The number of hydrogen-bond donors (Lipinski definition) is 1. The molecule has 0 spiro atoms. The van der Waals surface area contributed by atoms with E-state index in [4.69, 9.17) is 16.0 Å². The summed E-state index contributed by atoms with van der Waals surface area (Å²) in [5.74, 6) is 1.40. The number of furan rings is 1. The van der Waals surface area contributed by atoms with Crippen molar-refractivity contribution in [3.63, 3.8) is 0 Å². The van der Waals surface area contributed by atoms with Crippen molar-refractivity contribution in [2.24, 2.45) is 0 Å². The molecule has 18 heavy (non-hydrogen) atoms. The van der Waals surface area contributed by atoms with Gasteiger partial charge in [0, 0.05) is 5.02 Å². The van der Waals surface area contributed by atoms with Gasteiger partial charge >= 0.3 is 0 Å². The van der Waals surface area contributed by atoms with Crippen LogP contribution in [-0.2, 0) is 6.42 Å². The smallest absolute Gasteiger partial charge is 0.126 e. The molecule has 0 fully saturated rings. The number of hydrogen-bond acceptors (Lipinski definition) is 2. The summed E-state index contributed by atoms with van der Waals surface area (Å²) in [6, 6.07) is 8.32. The summed E-state index contributed by atoms with van der Waals surface area (Å²) in [4.78, 5) is 0. The lowest BCUT2D eigenvalue weighted by molar-refractivity contribution is 0.411. The molecule has 0 radical (unpaired) electrons. The average Bonchev–Trinajstić information content (AvgIpc) is 2.77. The summed E-state index contributed by atoms with van der Waals surface area (Å²) < 4.78 is 19.2. The molecule has 0 aliphatic rings. The highest BCUT2D eigenvalue weighted by atomic mass is 35.5. The molecule has 0 bridgehead atoms. The molecular weight excluding hydrogens is 253 g/mol. The molecule has 4 heteroatoms. The minimum atomic E-state index is -0.247. The van der Waals surface area contributed by atoms with Crippen LogP contribution in [-0.4, -0.2) is 7.05 Å². The highest BCUT2D eigenvalue weighted by Crippen LogP contribution is 2.23. The molecule has 2 aromatic rings. The van der Waals surface area contributed by atoms with Gasteiger partial charge in [0.2, 0.25) is 0 Å². The fourth-order valence-corrected chi connectivity index (χ4v) is 2.10. The highest BCUT2D eigenvalue weighted by Gasteiger charge is 2.16. The third-order valence-corrected chi connectivity index (χ3v) is 3.12. The minimum absolute atomic E-state index is 0.0633. The van der Waals surface area contributed by atoms with Crippen LogP contribution in [0.4, 0.5) is 4.39 Å². The van der Waals surface area contributed by atoms with Crippen LogP contribution in [0, 0.1) is 12.7 Å². The first-order valence-corrected chi connectivity index (χ1v) is 6.15. The predicted molar refractivity (Wildman–Crippen MR) is 70.4 cm³/mol. The van der Waals surface area contributed by atoms with E-state index in [0.717, 1.165) is 11.5 Å². The van der Waals surface area contributed by atoms with E-state index < -0.39 is 0 Å². The van der Waals surface area contributed by atoms with Gasteiger partial charge < -0.3 is 9.73 Å². The fraction of sp³-hybridized carbons (Fsp3) is 0.286. The van der Waals surface area contributed by atoms with E-state index >= 15 is 0 Å². The van der Waals surface area contributed by atoms with Gasteiger partial charge in [-0.25, -0.2) is 4.39 Å². The summed E-state index contributed by atoms with van der Waals surface area (Å²) in [6.45, 7) is 1.89. The van der Waals surface area contributed by atoms with Gasteiger partial charge in [-0.2, -0.15) is 0 Å². The van der Waals surface area contributed by atoms with Gasteiger partial charge in [-0.3, -0.25) is 0 Å². The third-order valence-electron chi connectivity index (χ3n) is 2.88. The zero-order valence-corrected chi connectivity index (χ0v) is 11.1. The topological polar surface area (TPSA) is 25.2 Å². The molecule has 0 saturated heterocycles. The first-order valence-electron chi connectivity index (χ1n) is 5.77. The van der Waals surface area contributed by atoms with Gasteiger partial charge in [-0.1, -0.05) is 11.6 Å². The lowest BCUT2D eigenvalue weighted by atomic mass is 10.0. The van der Waals surface area contributed by atoms with Crippen molar-refractivity contribution in [2.75, 3.05) is 7.05 Å². The maximum Gasteiger partial charge on any atom is 0.126 e. The molecule has 1 heterocycles. The van der Waals surface area contributed by atoms with Crippen LogP contribution < -0.4 is 5.32 Å². The van der Waals surface area contributed by atoms with E-state index in [1.807, 2.05) is 26.1 Å². The summed E-state index contributed by atoms with van der Waals surface area (Å²) >= 11 is 5.88. The Hall–Kier alpha value is -1.32. The second kappa shape index (κ2) is 5.55. The highest BCUT2D eigenvalue weighted by molar-refractivity contribution is 6.30. The van der Waals surface area contributed by atoms with E-state index in [9.17, 15) is 4.39 Å². The maximum atomic E-state index is 13.7. The first-order chi connectivity index (χ1) is 8.60. The van der Waals surface area contributed by atoms with Crippen molar-refractivity contribution < 1.29 is 8.81 Å². The predicted octanol–water partition coefficient (Wildman–Crippen LogP) is 3.88. The van der Waals surface area contributed by atoms with Crippen LogP contribution in [0.15, 0.2) is 34.7 Å². The van der Waals surface area contributed by atoms with Crippen molar-refractivity contribution in [2.45, 2.75) is 19.4 Å². The van der Waals surface area contributed by atoms with Crippen molar-refractivity contribution >= 4 is 11.6 Å². The van der Waals surface area contributed by atoms with Crippen LogP contribution in [0.1, 0.15) is 23.1 Å². The fourth-order valence-electron chi connectivity index (χ4n) is 1.91. The van der Waals surface area contributed by atoms with Crippen LogP contribution in [0.25, 0.3) is 0 Å². The van der Waals surface area contributed by atoms with Crippen molar-refractivity contribution in [3.05, 3.63) is 58.3 Å². The summed E-state index contributed by atoms with van der Waals surface area (Å²) in [6.07, 6.45) is 0.496. The molecule has 1 atom stereocenters. The zero-order chi connectivity index (χ0) is 13.1. The normalized spacial score (nSPS) is 12.7. The SMILES string of the molecule is CNC(Cc1cc(Cl)ccc1F)c1ccc(C)o1. The van der Waals surface area contributed by atoms with Gasteiger partial charge in [0.1, 0.15) is 17.3 Å². The number of benzene rings is 1. The van der Waals surface area contributed by atoms with Gasteiger partial charge in [-0.15, -0.1) is 0 Å². The molecule has 0 aliphatic heterocycles. The lowest BCUT2D eigenvalue weighted by Gasteiger charge is -2.14. The van der Waals surface area contributed by atoms with Gasteiger partial charge in [0.05, 0.1) is 6.04 Å². The van der Waals surface area contributed by atoms with Crippen LogP contribution in [0.5, 0.6) is 0 Å². The molecule has 0 saturated carbocycles. The summed E-state index contributed by atoms with van der Waals surface area (Å²) in [5.41, 5.74) is 0.580. The zero-order valence-electron chi connectivity index (χ0n) is 10.3. The Balaban J connectivity index is 2.22. The Morgan fingerprint density at radius 3 is 2.72 bits per heavy atom. The van der Waals surface area contributed by atoms with Crippen LogP contribution in [0.2, 0.25) is 5.02 Å². The Morgan fingerprint density at radius 1 is 1.33 bits per heavy atom. The Bertz CT molecular complexity index is 538. The first kappa shape index (κ1) is 13.1. The molecule has 0 aliphatic carbocycles. The third kappa shape index (κ3) is 2.92. The molecule has 1 N–H and O–H groups in total. The molecule has 0 amide bonds. The number of rotatable bonds is 4.